The Labute approximate surface area is 163 Å². The standard InChI is InChI=1S/C21H23N5O2/c1-13-6-7-14(23-21(27)25-15-4-3-5-16(25)11-15)10-18(13)20-22-12-17-8-9-19(28-2)26(17)24-20/h6-10,12,15-16H,3-5,11H2,1-2H3,(H,23,27). The van der Waals surface area contributed by atoms with Crippen molar-refractivity contribution < 1.29 is 9.53 Å². The van der Waals surface area contributed by atoms with E-state index in [0.29, 0.717) is 23.8 Å². The first kappa shape index (κ1) is 17.0. The Bertz CT molecular complexity index is 1050. The Morgan fingerprint density at radius 3 is 2.79 bits per heavy atom. The summed E-state index contributed by atoms with van der Waals surface area (Å²) in [5.41, 5.74) is 3.56. The predicted molar refractivity (Wildman–Crippen MR) is 107 cm³/mol. The molecule has 1 aromatic carbocycles. The van der Waals surface area contributed by atoms with Crippen molar-refractivity contribution in [2.75, 3.05) is 12.4 Å². The molecule has 0 aliphatic carbocycles. The minimum atomic E-state index is -0.000739. The molecule has 2 aliphatic rings. The van der Waals surface area contributed by atoms with Crippen LogP contribution in [0.2, 0.25) is 0 Å². The van der Waals surface area contributed by atoms with Gasteiger partial charge in [-0.05, 0) is 56.4 Å². The van der Waals surface area contributed by atoms with Gasteiger partial charge in [-0.1, -0.05) is 6.07 Å². The number of nitrogens with zero attached hydrogens (tertiary/aromatic N) is 4. The van der Waals surface area contributed by atoms with Crippen molar-refractivity contribution in [2.24, 2.45) is 0 Å². The van der Waals surface area contributed by atoms with Gasteiger partial charge in [0.05, 0.1) is 18.8 Å². The largest absolute Gasteiger partial charge is 0.481 e. The van der Waals surface area contributed by atoms with E-state index < -0.39 is 0 Å². The molecule has 2 saturated heterocycles. The van der Waals surface area contributed by atoms with E-state index in [1.165, 1.54) is 6.42 Å². The van der Waals surface area contributed by atoms with Crippen molar-refractivity contribution in [3.05, 3.63) is 42.1 Å². The summed E-state index contributed by atoms with van der Waals surface area (Å²) < 4.78 is 7.09. The Kier molecular flexibility index (Phi) is 3.96. The normalized spacial score (nSPS) is 20.7. The number of methoxy groups -OCH3 is 1. The highest BCUT2D eigenvalue weighted by molar-refractivity contribution is 5.91. The smallest absolute Gasteiger partial charge is 0.322 e. The molecule has 7 nitrogen and oxygen atoms in total. The molecule has 144 valence electrons. The van der Waals surface area contributed by atoms with Crippen LogP contribution in [-0.4, -0.2) is 44.7 Å². The molecule has 0 spiro atoms. The van der Waals surface area contributed by atoms with Crippen molar-refractivity contribution >= 4 is 17.2 Å². The molecule has 0 radical (unpaired) electrons. The lowest BCUT2D eigenvalue weighted by Gasteiger charge is -2.52. The summed E-state index contributed by atoms with van der Waals surface area (Å²) >= 11 is 0. The summed E-state index contributed by atoms with van der Waals surface area (Å²) in [5.74, 6) is 1.25. The fourth-order valence-electron chi connectivity index (χ4n) is 4.42. The van der Waals surface area contributed by atoms with Crippen molar-refractivity contribution in [1.29, 1.82) is 0 Å². The van der Waals surface area contributed by atoms with Crippen molar-refractivity contribution in [3.8, 4) is 17.3 Å². The molecule has 2 amide bonds. The van der Waals surface area contributed by atoms with Gasteiger partial charge in [-0.2, -0.15) is 4.52 Å². The molecule has 0 saturated carbocycles. The van der Waals surface area contributed by atoms with Gasteiger partial charge >= 0.3 is 6.03 Å². The van der Waals surface area contributed by atoms with Crippen LogP contribution in [0.15, 0.2) is 36.5 Å². The molecular weight excluding hydrogens is 354 g/mol. The second-order valence-electron chi connectivity index (χ2n) is 7.64. The Hall–Kier alpha value is -3.09. The quantitative estimate of drug-likeness (QED) is 0.752. The topological polar surface area (TPSA) is 71.8 Å². The van der Waals surface area contributed by atoms with Crippen LogP contribution in [0.25, 0.3) is 16.9 Å². The molecule has 1 N–H and O–H groups in total. The number of piperidine rings is 1. The van der Waals surface area contributed by atoms with Gasteiger partial charge in [0.25, 0.3) is 0 Å². The zero-order valence-electron chi connectivity index (χ0n) is 16.1. The third-order valence-corrected chi connectivity index (χ3v) is 5.94. The second-order valence-corrected chi connectivity index (χ2v) is 7.64. The van der Waals surface area contributed by atoms with Crippen LogP contribution in [0, 0.1) is 6.92 Å². The van der Waals surface area contributed by atoms with Gasteiger partial charge in [0.2, 0.25) is 5.88 Å². The maximum atomic E-state index is 12.7. The molecule has 4 heterocycles. The number of carbonyl (C=O) groups excluding carboxylic acids is 1. The molecule has 7 heteroatoms. The van der Waals surface area contributed by atoms with Gasteiger partial charge in [-0.3, -0.25) is 0 Å². The first-order valence-corrected chi connectivity index (χ1v) is 9.73. The van der Waals surface area contributed by atoms with Crippen LogP contribution in [0.3, 0.4) is 0 Å². The molecule has 2 bridgehead atoms. The van der Waals surface area contributed by atoms with Crippen molar-refractivity contribution in [3.63, 3.8) is 0 Å². The fourth-order valence-corrected chi connectivity index (χ4v) is 4.42. The van der Waals surface area contributed by atoms with E-state index in [-0.39, 0.29) is 6.03 Å². The van der Waals surface area contributed by atoms with Gasteiger partial charge in [0.15, 0.2) is 5.82 Å². The molecular formula is C21H23N5O2. The van der Waals surface area contributed by atoms with Gasteiger partial charge in [0, 0.05) is 29.4 Å². The zero-order chi connectivity index (χ0) is 19.3. The summed E-state index contributed by atoms with van der Waals surface area (Å²) in [6.07, 6.45) is 6.40. The molecule has 5 rings (SSSR count). The average molecular weight is 377 g/mol. The molecule has 28 heavy (non-hydrogen) atoms. The summed E-state index contributed by atoms with van der Waals surface area (Å²) in [5, 5.41) is 7.69. The van der Waals surface area contributed by atoms with Crippen LogP contribution < -0.4 is 10.1 Å². The Morgan fingerprint density at radius 1 is 1.21 bits per heavy atom. The lowest BCUT2D eigenvalue weighted by molar-refractivity contribution is 0.0173. The van der Waals surface area contributed by atoms with Crippen molar-refractivity contribution in [1.82, 2.24) is 19.5 Å². The zero-order valence-corrected chi connectivity index (χ0v) is 16.1. The number of carbonyl (C=O) groups is 1. The number of benzene rings is 1. The number of amides is 2. The van der Waals surface area contributed by atoms with Crippen molar-refractivity contribution in [2.45, 2.75) is 44.7 Å². The maximum absolute atomic E-state index is 12.7. The Morgan fingerprint density at radius 2 is 2.04 bits per heavy atom. The van der Waals surface area contributed by atoms with E-state index in [2.05, 4.69) is 15.4 Å². The number of anilines is 1. The lowest BCUT2D eigenvalue weighted by atomic mass is 9.80. The molecule has 3 aromatic rings. The number of ether oxygens (including phenoxy) is 1. The number of rotatable bonds is 3. The van der Waals surface area contributed by atoms with E-state index in [0.717, 1.165) is 41.6 Å². The monoisotopic (exact) mass is 377 g/mol. The number of urea groups is 1. The van der Waals surface area contributed by atoms with E-state index in [4.69, 9.17) is 4.74 Å². The van der Waals surface area contributed by atoms with Crippen LogP contribution in [0.1, 0.15) is 31.2 Å². The highest BCUT2D eigenvalue weighted by Crippen LogP contribution is 2.38. The fraction of sp³-hybridized carbons (Fsp3) is 0.381. The molecule has 2 atom stereocenters. The average Bonchev–Trinajstić information content (AvgIpc) is 3.12. The van der Waals surface area contributed by atoms with Crippen LogP contribution in [-0.2, 0) is 0 Å². The molecule has 2 aromatic heterocycles. The number of nitrogens with one attached hydrogen (secondary N) is 1. The SMILES string of the molecule is COc1ccc2cnc(-c3cc(NC(=O)N4C5CCCC4C5)ccc3C)nn12. The summed E-state index contributed by atoms with van der Waals surface area (Å²) in [4.78, 5) is 19.2. The van der Waals surface area contributed by atoms with Gasteiger partial charge < -0.3 is 15.0 Å². The summed E-state index contributed by atoms with van der Waals surface area (Å²) in [6.45, 7) is 2.02. The number of fused-ring (bicyclic) bond motifs is 3. The first-order valence-electron chi connectivity index (χ1n) is 9.73. The highest BCUT2D eigenvalue weighted by Gasteiger charge is 2.44. The van der Waals surface area contributed by atoms with Gasteiger partial charge in [-0.15, -0.1) is 5.10 Å². The highest BCUT2D eigenvalue weighted by atomic mass is 16.5. The molecule has 2 unspecified atom stereocenters. The summed E-state index contributed by atoms with van der Waals surface area (Å²) in [6, 6.07) is 10.5. The minimum Gasteiger partial charge on any atom is -0.481 e. The number of hydrogen-bond acceptors (Lipinski definition) is 4. The number of hydrogen-bond donors (Lipinski definition) is 1. The van der Waals surface area contributed by atoms with E-state index in [1.54, 1.807) is 17.8 Å². The minimum absolute atomic E-state index is 0.000739. The summed E-state index contributed by atoms with van der Waals surface area (Å²) in [7, 11) is 1.62. The van der Waals surface area contributed by atoms with E-state index in [9.17, 15) is 4.79 Å². The molecule has 2 aliphatic heterocycles. The van der Waals surface area contributed by atoms with Crippen LogP contribution >= 0.6 is 0 Å². The predicted octanol–water partition coefficient (Wildman–Crippen LogP) is 3.87. The Balaban J connectivity index is 1.44. The second kappa shape index (κ2) is 6.51. The number of aryl methyl sites for hydroxylation is 1. The van der Waals surface area contributed by atoms with Crippen LogP contribution in [0.4, 0.5) is 10.5 Å². The van der Waals surface area contributed by atoms with Gasteiger partial charge in [-0.25, -0.2) is 9.78 Å². The first-order chi connectivity index (χ1) is 13.6. The van der Waals surface area contributed by atoms with Crippen LogP contribution in [0.5, 0.6) is 5.88 Å². The third-order valence-electron chi connectivity index (χ3n) is 5.94. The third kappa shape index (κ3) is 2.69. The van der Waals surface area contributed by atoms with Gasteiger partial charge in [0.1, 0.15) is 0 Å². The molecule has 2 fully saturated rings. The maximum Gasteiger partial charge on any atom is 0.322 e. The number of aromatic nitrogens is 3. The lowest BCUT2D eigenvalue weighted by Crippen LogP contribution is -2.62. The van der Waals surface area contributed by atoms with E-state index in [1.807, 2.05) is 42.2 Å². The van der Waals surface area contributed by atoms with E-state index >= 15 is 0 Å².